The number of aryl methyl sites for hydroxylation is 2. The molecule has 1 aromatic carbocycles. The molecule has 0 aliphatic heterocycles. The number of hydrogen-bond donors (Lipinski definition) is 0. The summed E-state index contributed by atoms with van der Waals surface area (Å²) < 4.78 is 10.1. The fourth-order valence-corrected chi connectivity index (χ4v) is 1.71. The SMILES string of the molecule is CCOC(=O)c1nnc(-c2cc(C)cc(C)c2)o1. The van der Waals surface area contributed by atoms with Gasteiger partial charge in [-0.15, -0.1) is 10.2 Å². The van der Waals surface area contributed by atoms with Crippen LogP contribution in [0.2, 0.25) is 0 Å². The van der Waals surface area contributed by atoms with Gasteiger partial charge in [-0.1, -0.05) is 17.2 Å². The molecule has 0 aliphatic carbocycles. The highest BCUT2D eigenvalue weighted by molar-refractivity contribution is 5.84. The van der Waals surface area contributed by atoms with E-state index in [-0.39, 0.29) is 12.5 Å². The third-order valence-corrected chi connectivity index (χ3v) is 2.34. The van der Waals surface area contributed by atoms with Crippen LogP contribution in [0, 0.1) is 13.8 Å². The summed E-state index contributed by atoms with van der Waals surface area (Å²) in [6.45, 7) is 5.97. The van der Waals surface area contributed by atoms with Crippen LogP contribution in [-0.2, 0) is 4.74 Å². The summed E-state index contributed by atoms with van der Waals surface area (Å²) in [5.74, 6) is -0.392. The Labute approximate surface area is 105 Å². The lowest BCUT2D eigenvalue weighted by atomic mass is 10.1. The standard InChI is InChI=1S/C13H14N2O3/c1-4-17-13(16)12-15-14-11(18-12)10-6-8(2)5-9(3)7-10/h5-7H,4H2,1-3H3. The summed E-state index contributed by atoms with van der Waals surface area (Å²) in [4.78, 5) is 11.4. The highest BCUT2D eigenvalue weighted by atomic mass is 16.5. The molecule has 0 atom stereocenters. The molecule has 0 radical (unpaired) electrons. The Hall–Kier alpha value is -2.17. The summed E-state index contributed by atoms with van der Waals surface area (Å²) in [7, 11) is 0. The fourth-order valence-electron chi connectivity index (χ4n) is 1.71. The Bertz CT molecular complexity index is 555. The van der Waals surface area contributed by atoms with Crippen molar-refractivity contribution in [2.75, 3.05) is 6.61 Å². The lowest BCUT2D eigenvalue weighted by Crippen LogP contribution is -2.04. The second-order valence-electron chi connectivity index (χ2n) is 4.01. The van der Waals surface area contributed by atoms with Gasteiger partial charge in [-0.3, -0.25) is 0 Å². The summed E-state index contributed by atoms with van der Waals surface area (Å²) in [6, 6.07) is 5.90. The molecule has 0 N–H and O–H groups in total. The Balaban J connectivity index is 2.32. The van der Waals surface area contributed by atoms with Gasteiger partial charge in [0.1, 0.15) is 0 Å². The van der Waals surface area contributed by atoms with Crippen molar-refractivity contribution in [1.82, 2.24) is 10.2 Å². The number of carbonyl (C=O) groups excluding carboxylic acids is 1. The molecule has 0 unspecified atom stereocenters. The van der Waals surface area contributed by atoms with Crippen LogP contribution in [0.3, 0.4) is 0 Å². The van der Waals surface area contributed by atoms with Crippen molar-refractivity contribution in [2.24, 2.45) is 0 Å². The van der Waals surface area contributed by atoms with Crippen LogP contribution in [0.1, 0.15) is 28.7 Å². The van der Waals surface area contributed by atoms with Crippen molar-refractivity contribution in [3.05, 3.63) is 35.2 Å². The third kappa shape index (κ3) is 2.56. The number of aromatic nitrogens is 2. The lowest BCUT2D eigenvalue weighted by molar-refractivity contribution is 0.0481. The van der Waals surface area contributed by atoms with Crippen LogP contribution in [0.25, 0.3) is 11.5 Å². The number of rotatable bonds is 3. The largest absolute Gasteiger partial charge is 0.459 e. The number of esters is 1. The molecule has 5 heteroatoms. The molecular weight excluding hydrogens is 232 g/mol. The van der Waals surface area contributed by atoms with Crippen molar-refractivity contribution in [2.45, 2.75) is 20.8 Å². The van der Waals surface area contributed by atoms with Crippen molar-refractivity contribution in [1.29, 1.82) is 0 Å². The highest BCUT2D eigenvalue weighted by Crippen LogP contribution is 2.21. The number of benzene rings is 1. The smallest absolute Gasteiger partial charge is 0.396 e. The Morgan fingerprint density at radius 1 is 1.22 bits per heavy atom. The van der Waals surface area contributed by atoms with Gasteiger partial charge in [-0.2, -0.15) is 0 Å². The van der Waals surface area contributed by atoms with Crippen molar-refractivity contribution in [3.8, 4) is 11.5 Å². The molecule has 0 amide bonds. The molecule has 1 aromatic heterocycles. The van der Waals surface area contributed by atoms with Crippen LogP contribution in [0.5, 0.6) is 0 Å². The van der Waals surface area contributed by atoms with E-state index in [1.807, 2.05) is 32.0 Å². The first-order valence-electron chi connectivity index (χ1n) is 5.69. The quantitative estimate of drug-likeness (QED) is 0.778. The van der Waals surface area contributed by atoms with Gasteiger partial charge in [0.05, 0.1) is 6.61 Å². The molecule has 0 bridgehead atoms. The minimum atomic E-state index is -0.597. The highest BCUT2D eigenvalue weighted by Gasteiger charge is 2.16. The number of carbonyl (C=O) groups is 1. The van der Waals surface area contributed by atoms with E-state index in [2.05, 4.69) is 10.2 Å². The fraction of sp³-hybridized carbons (Fsp3) is 0.308. The van der Waals surface area contributed by atoms with Gasteiger partial charge in [-0.05, 0) is 32.9 Å². The molecular formula is C13H14N2O3. The maximum Gasteiger partial charge on any atom is 0.396 e. The second-order valence-corrected chi connectivity index (χ2v) is 4.01. The van der Waals surface area contributed by atoms with Crippen LogP contribution in [0.15, 0.2) is 22.6 Å². The summed E-state index contributed by atoms with van der Waals surface area (Å²) in [5, 5.41) is 7.53. The maximum atomic E-state index is 11.4. The molecule has 2 rings (SSSR count). The predicted molar refractivity (Wildman–Crippen MR) is 65.2 cm³/mol. The molecule has 0 aliphatic rings. The Kier molecular flexibility index (Phi) is 3.41. The van der Waals surface area contributed by atoms with E-state index < -0.39 is 5.97 Å². The van der Waals surface area contributed by atoms with E-state index >= 15 is 0 Å². The first kappa shape index (κ1) is 12.3. The van der Waals surface area contributed by atoms with Gasteiger partial charge in [0.2, 0.25) is 5.89 Å². The van der Waals surface area contributed by atoms with Gasteiger partial charge < -0.3 is 9.15 Å². The van der Waals surface area contributed by atoms with Crippen molar-refractivity contribution < 1.29 is 13.9 Å². The molecule has 0 fully saturated rings. The molecule has 5 nitrogen and oxygen atoms in total. The number of hydrogen-bond acceptors (Lipinski definition) is 5. The van der Waals surface area contributed by atoms with E-state index in [1.165, 1.54) is 0 Å². The minimum absolute atomic E-state index is 0.119. The summed E-state index contributed by atoms with van der Waals surface area (Å²) >= 11 is 0. The number of ether oxygens (including phenoxy) is 1. The average Bonchev–Trinajstić information content (AvgIpc) is 2.77. The number of nitrogens with zero attached hydrogens (tertiary/aromatic N) is 2. The lowest BCUT2D eigenvalue weighted by Gasteiger charge is -2.00. The molecule has 0 saturated heterocycles. The van der Waals surface area contributed by atoms with E-state index in [1.54, 1.807) is 6.92 Å². The Morgan fingerprint density at radius 3 is 2.50 bits per heavy atom. The normalized spacial score (nSPS) is 10.4. The molecule has 2 aromatic rings. The summed E-state index contributed by atoms with van der Waals surface area (Å²) in [6.07, 6.45) is 0. The first-order chi connectivity index (χ1) is 8.60. The minimum Gasteiger partial charge on any atom is -0.459 e. The van der Waals surface area contributed by atoms with Gasteiger partial charge in [0.15, 0.2) is 0 Å². The molecule has 0 spiro atoms. The van der Waals surface area contributed by atoms with Gasteiger partial charge >= 0.3 is 11.9 Å². The van der Waals surface area contributed by atoms with Crippen molar-refractivity contribution >= 4 is 5.97 Å². The van der Waals surface area contributed by atoms with E-state index in [4.69, 9.17) is 9.15 Å². The van der Waals surface area contributed by atoms with Crippen molar-refractivity contribution in [3.63, 3.8) is 0 Å². The topological polar surface area (TPSA) is 65.2 Å². The zero-order valence-corrected chi connectivity index (χ0v) is 10.6. The second kappa shape index (κ2) is 5.00. The van der Waals surface area contributed by atoms with E-state index in [0.717, 1.165) is 16.7 Å². The molecule has 1 heterocycles. The van der Waals surface area contributed by atoms with Crippen LogP contribution in [0.4, 0.5) is 0 Å². The Morgan fingerprint density at radius 2 is 1.89 bits per heavy atom. The zero-order chi connectivity index (χ0) is 13.1. The van der Waals surface area contributed by atoms with Crippen LogP contribution >= 0.6 is 0 Å². The van der Waals surface area contributed by atoms with Crippen LogP contribution < -0.4 is 0 Å². The van der Waals surface area contributed by atoms with Crippen LogP contribution in [-0.4, -0.2) is 22.8 Å². The average molecular weight is 246 g/mol. The van der Waals surface area contributed by atoms with E-state index in [0.29, 0.717) is 5.89 Å². The van der Waals surface area contributed by atoms with Gasteiger partial charge in [0, 0.05) is 5.56 Å². The molecule has 18 heavy (non-hydrogen) atoms. The van der Waals surface area contributed by atoms with Gasteiger partial charge in [0.25, 0.3) is 0 Å². The predicted octanol–water partition coefficient (Wildman–Crippen LogP) is 2.53. The summed E-state index contributed by atoms with van der Waals surface area (Å²) in [5.41, 5.74) is 3.00. The maximum absolute atomic E-state index is 11.4. The van der Waals surface area contributed by atoms with Gasteiger partial charge in [-0.25, -0.2) is 4.79 Å². The molecule has 94 valence electrons. The monoisotopic (exact) mass is 246 g/mol. The first-order valence-corrected chi connectivity index (χ1v) is 5.69. The third-order valence-electron chi connectivity index (χ3n) is 2.34. The molecule has 0 saturated carbocycles. The van der Waals surface area contributed by atoms with E-state index in [9.17, 15) is 4.79 Å². The zero-order valence-electron chi connectivity index (χ0n) is 10.6.